The lowest BCUT2D eigenvalue weighted by Crippen LogP contribution is -2.30. The maximum Gasteiger partial charge on any atom is 0.129 e. The van der Waals surface area contributed by atoms with E-state index >= 15 is 0 Å². The number of nitrogens with zero attached hydrogens (tertiary/aromatic N) is 3. The third-order valence-corrected chi connectivity index (χ3v) is 5.05. The van der Waals surface area contributed by atoms with Crippen molar-refractivity contribution >= 4 is 11.6 Å². The monoisotopic (exact) mass is 340 g/mol. The Labute approximate surface area is 147 Å². The number of aromatic amines is 1. The Balaban J connectivity index is 2.04. The molecule has 0 aliphatic rings. The first-order chi connectivity index (χ1) is 11.4. The fourth-order valence-electron chi connectivity index (χ4n) is 2.84. The second-order valence-corrected chi connectivity index (χ2v) is 6.97. The number of H-pyrrole nitrogens is 1. The number of aryl methyl sites for hydroxylation is 1. The van der Waals surface area contributed by atoms with Gasteiger partial charge in [0, 0.05) is 34.8 Å². The third kappa shape index (κ3) is 2.94. The van der Waals surface area contributed by atoms with Crippen molar-refractivity contribution in [1.82, 2.24) is 20.2 Å². The van der Waals surface area contributed by atoms with Gasteiger partial charge in [0.15, 0.2) is 0 Å². The molecule has 0 aliphatic heterocycles. The summed E-state index contributed by atoms with van der Waals surface area (Å²) in [7, 11) is 0. The minimum absolute atomic E-state index is 0.235. The van der Waals surface area contributed by atoms with Crippen LogP contribution in [0.5, 0.6) is 0 Å². The topological polar surface area (TPSA) is 54.5 Å². The largest absolute Gasteiger partial charge is 0.281 e. The van der Waals surface area contributed by atoms with Gasteiger partial charge in [0.2, 0.25) is 0 Å². The maximum absolute atomic E-state index is 5.95. The quantitative estimate of drug-likeness (QED) is 0.695. The highest BCUT2D eigenvalue weighted by molar-refractivity contribution is 6.29. The fraction of sp³-hybridized carbons (Fsp3) is 0.316. The number of aromatic nitrogens is 4. The molecule has 1 atom stereocenters. The molecule has 0 spiro atoms. The molecule has 1 unspecified atom stereocenters. The van der Waals surface area contributed by atoms with E-state index in [9.17, 15) is 0 Å². The summed E-state index contributed by atoms with van der Waals surface area (Å²) >= 11 is 5.95. The summed E-state index contributed by atoms with van der Waals surface area (Å²) in [5.41, 5.74) is 4.82. The summed E-state index contributed by atoms with van der Waals surface area (Å²) in [4.78, 5) is 8.60. The minimum Gasteiger partial charge on any atom is -0.281 e. The van der Waals surface area contributed by atoms with Crippen molar-refractivity contribution in [1.29, 1.82) is 0 Å². The van der Waals surface area contributed by atoms with Gasteiger partial charge in [0.05, 0.1) is 5.69 Å². The molecule has 0 saturated heterocycles. The summed E-state index contributed by atoms with van der Waals surface area (Å²) in [5, 5.41) is 8.21. The van der Waals surface area contributed by atoms with E-state index in [2.05, 4.69) is 47.0 Å². The number of hydrogen-bond donors (Lipinski definition) is 1. The van der Waals surface area contributed by atoms with Gasteiger partial charge in [-0.2, -0.15) is 5.10 Å². The lowest BCUT2D eigenvalue weighted by Gasteiger charge is -2.33. The van der Waals surface area contributed by atoms with Crippen LogP contribution in [0.4, 0.5) is 0 Å². The van der Waals surface area contributed by atoms with Crippen LogP contribution in [0.1, 0.15) is 37.7 Å². The molecule has 3 rings (SSSR count). The zero-order valence-electron chi connectivity index (χ0n) is 14.3. The van der Waals surface area contributed by atoms with Gasteiger partial charge in [-0.3, -0.25) is 10.1 Å². The predicted octanol–water partition coefficient (Wildman–Crippen LogP) is 4.79. The van der Waals surface area contributed by atoms with Gasteiger partial charge >= 0.3 is 0 Å². The van der Waals surface area contributed by atoms with Crippen LogP contribution in [0, 0.1) is 12.8 Å². The Kier molecular flexibility index (Phi) is 4.41. The van der Waals surface area contributed by atoms with Gasteiger partial charge < -0.3 is 0 Å². The van der Waals surface area contributed by atoms with Gasteiger partial charge in [-0.15, -0.1) is 0 Å². The Bertz CT molecular complexity index is 821. The highest BCUT2D eigenvalue weighted by Crippen LogP contribution is 2.38. The first kappa shape index (κ1) is 16.7. The number of rotatable bonds is 4. The molecular weight excluding hydrogens is 320 g/mol. The molecule has 4 nitrogen and oxygen atoms in total. The van der Waals surface area contributed by atoms with Crippen molar-refractivity contribution < 1.29 is 0 Å². The normalized spacial score (nSPS) is 13.9. The summed E-state index contributed by atoms with van der Waals surface area (Å²) in [5.74, 6) is 0.352. The Morgan fingerprint density at radius 3 is 2.46 bits per heavy atom. The average molecular weight is 341 g/mol. The van der Waals surface area contributed by atoms with Crippen LogP contribution < -0.4 is 0 Å². The first-order valence-corrected chi connectivity index (χ1v) is 8.40. The van der Waals surface area contributed by atoms with Crippen molar-refractivity contribution in [3.63, 3.8) is 0 Å². The molecule has 24 heavy (non-hydrogen) atoms. The van der Waals surface area contributed by atoms with E-state index < -0.39 is 0 Å². The van der Waals surface area contributed by atoms with Crippen LogP contribution in [-0.4, -0.2) is 20.2 Å². The first-order valence-electron chi connectivity index (χ1n) is 8.02. The fourth-order valence-corrected chi connectivity index (χ4v) is 2.95. The van der Waals surface area contributed by atoms with Gasteiger partial charge in [-0.05, 0) is 49.6 Å². The van der Waals surface area contributed by atoms with Crippen molar-refractivity contribution in [3.05, 3.63) is 64.8 Å². The number of pyridine rings is 2. The molecule has 0 aliphatic carbocycles. The summed E-state index contributed by atoms with van der Waals surface area (Å²) in [6.45, 7) is 8.57. The van der Waals surface area contributed by atoms with E-state index in [0.29, 0.717) is 11.1 Å². The zero-order valence-corrected chi connectivity index (χ0v) is 15.1. The van der Waals surface area contributed by atoms with Gasteiger partial charge in [0.1, 0.15) is 5.15 Å². The molecule has 0 aromatic carbocycles. The van der Waals surface area contributed by atoms with Crippen LogP contribution in [0.15, 0.2) is 42.7 Å². The number of hydrogen-bond acceptors (Lipinski definition) is 3. The lowest BCUT2D eigenvalue weighted by molar-refractivity contribution is 0.393. The molecular formula is C19H21ClN4. The molecule has 3 aromatic rings. The smallest absolute Gasteiger partial charge is 0.129 e. The van der Waals surface area contributed by atoms with Crippen LogP contribution >= 0.6 is 11.6 Å². The number of nitrogens with one attached hydrogen (secondary N) is 1. The van der Waals surface area contributed by atoms with Gasteiger partial charge in [-0.1, -0.05) is 31.5 Å². The molecule has 1 N–H and O–H groups in total. The standard InChI is InChI=1S/C19H21ClN4/c1-12(2)19(4,15-7-8-18(20)22-11-15)17-9-16(23-24-17)14-6-5-13(3)21-10-14/h5-12H,1-4H3,(H,23,24). The third-order valence-electron chi connectivity index (χ3n) is 4.83. The predicted molar refractivity (Wildman–Crippen MR) is 97.1 cm³/mol. The second-order valence-electron chi connectivity index (χ2n) is 6.58. The van der Waals surface area contributed by atoms with Crippen molar-refractivity contribution in [3.8, 4) is 11.3 Å². The van der Waals surface area contributed by atoms with Crippen molar-refractivity contribution in [2.45, 2.75) is 33.1 Å². The van der Waals surface area contributed by atoms with E-state index in [1.165, 1.54) is 0 Å². The Morgan fingerprint density at radius 1 is 1.08 bits per heavy atom. The average Bonchev–Trinajstić information content (AvgIpc) is 3.05. The van der Waals surface area contributed by atoms with E-state index in [1.54, 1.807) is 0 Å². The van der Waals surface area contributed by atoms with Gasteiger partial charge in [-0.25, -0.2) is 4.98 Å². The van der Waals surface area contributed by atoms with Crippen LogP contribution in [0.3, 0.4) is 0 Å². The highest BCUT2D eigenvalue weighted by atomic mass is 35.5. The SMILES string of the molecule is Cc1ccc(-c2cc(C(C)(c3ccc(Cl)nc3)C(C)C)[nH]n2)cn1. The number of halogens is 1. The Hall–Kier alpha value is -2.20. The summed E-state index contributed by atoms with van der Waals surface area (Å²) in [6.07, 6.45) is 3.70. The lowest BCUT2D eigenvalue weighted by atomic mass is 9.71. The molecule has 3 heterocycles. The highest BCUT2D eigenvalue weighted by Gasteiger charge is 2.35. The van der Waals surface area contributed by atoms with Crippen LogP contribution in [0.2, 0.25) is 5.15 Å². The molecule has 5 heteroatoms. The minimum atomic E-state index is -0.235. The van der Waals surface area contributed by atoms with Gasteiger partial charge in [0.25, 0.3) is 0 Å². The molecule has 0 amide bonds. The van der Waals surface area contributed by atoms with Crippen LogP contribution in [-0.2, 0) is 5.41 Å². The molecule has 0 bridgehead atoms. The van der Waals surface area contributed by atoms with Crippen molar-refractivity contribution in [2.75, 3.05) is 0 Å². The molecule has 0 radical (unpaired) electrons. The molecule has 124 valence electrons. The van der Waals surface area contributed by atoms with Crippen LogP contribution in [0.25, 0.3) is 11.3 Å². The molecule has 0 saturated carbocycles. The summed E-state index contributed by atoms with van der Waals surface area (Å²) < 4.78 is 0. The van der Waals surface area contributed by atoms with E-state index in [1.807, 2.05) is 43.6 Å². The van der Waals surface area contributed by atoms with E-state index in [0.717, 1.165) is 28.2 Å². The zero-order chi connectivity index (χ0) is 17.3. The molecule has 3 aromatic heterocycles. The van der Waals surface area contributed by atoms with E-state index in [-0.39, 0.29) is 5.41 Å². The second kappa shape index (κ2) is 6.36. The maximum atomic E-state index is 5.95. The molecule has 0 fully saturated rings. The van der Waals surface area contributed by atoms with E-state index in [4.69, 9.17) is 11.6 Å². The Morgan fingerprint density at radius 2 is 1.88 bits per heavy atom. The van der Waals surface area contributed by atoms with Crippen molar-refractivity contribution in [2.24, 2.45) is 5.92 Å². The summed E-state index contributed by atoms with van der Waals surface area (Å²) in [6, 6.07) is 10.00.